The lowest BCUT2D eigenvalue weighted by Gasteiger charge is -2.13. The fourth-order valence-electron chi connectivity index (χ4n) is 2.22. The SMILES string of the molecule is C=C(CC1CCNC1)Nc1cccc(C)c1. The van der Waals surface area contributed by atoms with E-state index in [-0.39, 0.29) is 0 Å². The average Bonchev–Trinajstić information content (AvgIpc) is 2.70. The fourth-order valence-corrected chi connectivity index (χ4v) is 2.22. The third kappa shape index (κ3) is 3.11. The Balaban J connectivity index is 1.86. The molecule has 0 aromatic heterocycles. The first-order chi connectivity index (χ1) is 7.74. The number of hydrogen-bond acceptors (Lipinski definition) is 2. The first kappa shape index (κ1) is 11.2. The Morgan fingerprint density at radius 2 is 2.44 bits per heavy atom. The third-order valence-corrected chi connectivity index (χ3v) is 3.04. The first-order valence-corrected chi connectivity index (χ1v) is 5.96. The molecule has 0 radical (unpaired) electrons. The predicted molar refractivity (Wildman–Crippen MR) is 69.5 cm³/mol. The van der Waals surface area contributed by atoms with Crippen LogP contribution in [-0.4, -0.2) is 13.1 Å². The van der Waals surface area contributed by atoms with Gasteiger partial charge in [0.2, 0.25) is 0 Å². The third-order valence-electron chi connectivity index (χ3n) is 3.04. The van der Waals surface area contributed by atoms with Gasteiger partial charge in [-0.25, -0.2) is 0 Å². The zero-order valence-electron chi connectivity index (χ0n) is 9.92. The molecule has 1 aromatic rings. The summed E-state index contributed by atoms with van der Waals surface area (Å²) < 4.78 is 0. The van der Waals surface area contributed by atoms with Crippen LogP contribution in [0.5, 0.6) is 0 Å². The molecular formula is C14H20N2. The summed E-state index contributed by atoms with van der Waals surface area (Å²) in [5, 5.41) is 6.77. The number of anilines is 1. The molecule has 0 amide bonds. The van der Waals surface area contributed by atoms with Crippen LogP contribution in [0.15, 0.2) is 36.5 Å². The molecule has 1 unspecified atom stereocenters. The van der Waals surface area contributed by atoms with Crippen molar-refractivity contribution in [2.24, 2.45) is 5.92 Å². The molecule has 2 heteroatoms. The quantitative estimate of drug-likeness (QED) is 0.808. The Labute approximate surface area is 97.8 Å². The summed E-state index contributed by atoms with van der Waals surface area (Å²) >= 11 is 0. The molecule has 1 saturated heterocycles. The van der Waals surface area contributed by atoms with E-state index in [0.717, 1.165) is 36.8 Å². The van der Waals surface area contributed by atoms with Gasteiger partial charge in [0.1, 0.15) is 0 Å². The molecule has 16 heavy (non-hydrogen) atoms. The summed E-state index contributed by atoms with van der Waals surface area (Å²) in [6.45, 7) is 8.50. The zero-order chi connectivity index (χ0) is 11.4. The lowest BCUT2D eigenvalue weighted by molar-refractivity contribution is 0.579. The van der Waals surface area contributed by atoms with Gasteiger partial charge < -0.3 is 10.6 Å². The second-order valence-electron chi connectivity index (χ2n) is 4.66. The van der Waals surface area contributed by atoms with Crippen molar-refractivity contribution in [1.82, 2.24) is 5.32 Å². The van der Waals surface area contributed by atoms with Gasteiger partial charge in [0.25, 0.3) is 0 Å². The van der Waals surface area contributed by atoms with Gasteiger partial charge in [-0.15, -0.1) is 0 Å². The molecule has 1 aromatic carbocycles. The van der Waals surface area contributed by atoms with Crippen LogP contribution < -0.4 is 10.6 Å². The van der Waals surface area contributed by atoms with Crippen LogP contribution in [0.1, 0.15) is 18.4 Å². The van der Waals surface area contributed by atoms with Crippen LogP contribution in [0.4, 0.5) is 5.69 Å². The van der Waals surface area contributed by atoms with Crippen LogP contribution in [0.25, 0.3) is 0 Å². The van der Waals surface area contributed by atoms with Crippen molar-refractivity contribution < 1.29 is 0 Å². The maximum atomic E-state index is 4.10. The molecule has 2 nitrogen and oxygen atoms in total. The number of nitrogens with one attached hydrogen (secondary N) is 2. The highest BCUT2D eigenvalue weighted by Gasteiger charge is 2.15. The minimum Gasteiger partial charge on any atom is -0.359 e. The Morgan fingerprint density at radius 1 is 1.56 bits per heavy atom. The van der Waals surface area contributed by atoms with E-state index in [1.165, 1.54) is 12.0 Å². The molecule has 0 bridgehead atoms. The molecule has 86 valence electrons. The van der Waals surface area contributed by atoms with Crippen molar-refractivity contribution in [3.05, 3.63) is 42.1 Å². The van der Waals surface area contributed by atoms with E-state index in [1.54, 1.807) is 0 Å². The van der Waals surface area contributed by atoms with Crippen LogP contribution in [-0.2, 0) is 0 Å². The van der Waals surface area contributed by atoms with Crippen molar-refractivity contribution in [3.63, 3.8) is 0 Å². The molecular weight excluding hydrogens is 196 g/mol. The highest BCUT2D eigenvalue weighted by Crippen LogP contribution is 2.19. The lowest BCUT2D eigenvalue weighted by atomic mass is 10.0. The standard InChI is InChI=1S/C14H20N2/c1-11-4-3-5-14(8-11)16-12(2)9-13-6-7-15-10-13/h3-5,8,13,15-16H,2,6-7,9-10H2,1H3. The van der Waals surface area contributed by atoms with E-state index >= 15 is 0 Å². The van der Waals surface area contributed by atoms with Gasteiger partial charge in [-0.3, -0.25) is 0 Å². The Morgan fingerprint density at radius 3 is 3.12 bits per heavy atom. The molecule has 0 spiro atoms. The van der Waals surface area contributed by atoms with Gasteiger partial charge in [0.15, 0.2) is 0 Å². The van der Waals surface area contributed by atoms with E-state index in [0.29, 0.717) is 0 Å². The molecule has 2 N–H and O–H groups in total. The van der Waals surface area contributed by atoms with Gasteiger partial charge in [0, 0.05) is 11.4 Å². The fraction of sp³-hybridized carbons (Fsp3) is 0.429. The number of aryl methyl sites for hydroxylation is 1. The molecule has 1 heterocycles. The Kier molecular flexibility index (Phi) is 3.62. The second-order valence-corrected chi connectivity index (χ2v) is 4.66. The van der Waals surface area contributed by atoms with E-state index in [2.05, 4.69) is 48.4 Å². The predicted octanol–water partition coefficient (Wildman–Crippen LogP) is 2.92. The summed E-state index contributed by atoms with van der Waals surface area (Å²) in [5.41, 5.74) is 3.55. The molecule has 1 fully saturated rings. The minimum atomic E-state index is 0.754. The van der Waals surface area contributed by atoms with Crippen LogP contribution in [0.3, 0.4) is 0 Å². The van der Waals surface area contributed by atoms with Crippen molar-refractivity contribution in [2.45, 2.75) is 19.8 Å². The van der Waals surface area contributed by atoms with Gasteiger partial charge >= 0.3 is 0 Å². The smallest absolute Gasteiger partial charge is 0.0384 e. The molecule has 1 aliphatic heterocycles. The Bertz CT molecular complexity index is 365. The van der Waals surface area contributed by atoms with Crippen molar-refractivity contribution in [2.75, 3.05) is 18.4 Å². The summed E-state index contributed by atoms with van der Waals surface area (Å²) in [6.07, 6.45) is 2.34. The number of allylic oxidation sites excluding steroid dienone is 1. The summed E-state index contributed by atoms with van der Waals surface area (Å²) in [7, 11) is 0. The van der Waals surface area contributed by atoms with Gasteiger partial charge in [-0.1, -0.05) is 18.7 Å². The molecule has 1 atom stereocenters. The van der Waals surface area contributed by atoms with Gasteiger partial charge in [0.05, 0.1) is 0 Å². The van der Waals surface area contributed by atoms with Crippen LogP contribution >= 0.6 is 0 Å². The van der Waals surface area contributed by atoms with E-state index < -0.39 is 0 Å². The van der Waals surface area contributed by atoms with Crippen molar-refractivity contribution >= 4 is 5.69 Å². The van der Waals surface area contributed by atoms with E-state index in [1.807, 2.05) is 0 Å². The largest absolute Gasteiger partial charge is 0.359 e. The minimum absolute atomic E-state index is 0.754. The molecule has 0 aliphatic carbocycles. The maximum absolute atomic E-state index is 4.10. The number of benzene rings is 1. The lowest BCUT2D eigenvalue weighted by Crippen LogP contribution is -2.11. The monoisotopic (exact) mass is 216 g/mol. The number of rotatable bonds is 4. The normalized spacial score (nSPS) is 19.7. The summed E-state index contributed by atoms with van der Waals surface area (Å²) in [4.78, 5) is 0. The highest BCUT2D eigenvalue weighted by molar-refractivity contribution is 5.49. The number of hydrogen-bond donors (Lipinski definition) is 2. The zero-order valence-corrected chi connectivity index (χ0v) is 9.92. The Hall–Kier alpha value is -1.28. The topological polar surface area (TPSA) is 24.1 Å². The van der Waals surface area contributed by atoms with Crippen LogP contribution in [0.2, 0.25) is 0 Å². The molecule has 0 saturated carbocycles. The van der Waals surface area contributed by atoms with Crippen molar-refractivity contribution in [1.29, 1.82) is 0 Å². The summed E-state index contributed by atoms with van der Waals surface area (Å²) in [6, 6.07) is 8.42. The van der Waals surface area contributed by atoms with E-state index in [9.17, 15) is 0 Å². The van der Waals surface area contributed by atoms with E-state index in [4.69, 9.17) is 0 Å². The average molecular weight is 216 g/mol. The first-order valence-electron chi connectivity index (χ1n) is 5.96. The van der Waals surface area contributed by atoms with Gasteiger partial charge in [-0.05, 0) is 56.5 Å². The molecule has 2 rings (SSSR count). The second kappa shape index (κ2) is 5.17. The molecule has 1 aliphatic rings. The summed E-state index contributed by atoms with van der Waals surface area (Å²) in [5.74, 6) is 0.754. The van der Waals surface area contributed by atoms with Crippen LogP contribution in [0, 0.1) is 12.8 Å². The maximum Gasteiger partial charge on any atom is 0.0384 e. The van der Waals surface area contributed by atoms with Gasteiger partial charge in [-0.2, -0.15) is 0 Å². The van der Waals surface area contributed by atoms with Crippen molar-refractivity contribution in [3.8, 4) is 0 Å². The highest BCUT2D eigenvalue weighted by atomic mass is 14.9.